The van der Waals surface area contributed by atoms with Crippen molar-refractivity contribution >= 4 is 45.3 Å². The average molecular weight is 394 g/mol. The summed E-state index contributed by atoms with van der Waals surface area (Å²) >= 11 is 4.99. The number of rotatable bonds is 6. The van der Waals surface area contributed by atoms with Crippen LogP contribution in [0.4, 0.5) is 5.69 Å². The summed E-state index contributed by atoms with van der Waals surface area (Å²) in [5.41, 5.74) is 0.670. The minimum absolute atomic E-state index is 0.139. The Bertz CT molecular complexity index is 671. The van der Waals surface area contributed by atoms with E-state index in [1.54, 1.807) is 36.0 Å². The molecular weight excluding hydrogens is 378 g/mol. The number of halogens is 1. The van der Waals surface area contributed by atoms with Crippen LogP contribution < -0.4 is 10.1 Å². The fourth-order valence-corrected chi connectivity index (χ4v) is 2.87. The minimum Gasteiger partial charge on any atom is -0.427 e. The molecule has 0 fully saturated rings. The second kappa shape index (κ2) is 8.74. The minimum atomic E-state index is -0.276. The molecule has 2 rings (SSSR count). The van der Waals surface area contributed by atoms with Crippen LogP contribution in [0.1, 0.15) is 13.3 Å². The van der Waals surface area contributed by atoms with Crippen LogP contribution in [0.15, 0.2) is 57.9 Å². The van der Waals surface area contributed by atoms with Gasteiger partial charge in [-0.1, -0.05) is 15.9 Å². The third-order valence-corrected chi connectivity index (χ3v) is 4.34. The Labute approximate surface area is 147 Å². The van der Waals surface area contributed by atoms with Crippen molar-refractivity contribution in [1.82, 2.24) is 0 Å². The van der Waals surface area contributed by atoms with Crippen molar-refractivity contribution in [2.75, 3.05) is 11.1 Å². The van der Waals surface area contributed by atoms with Gasteiger partial charge < -0.3 is 10.1 Å². The molecule has 120 valence electrons. The highest BCUT2D eigenvalue weighted by molar-refractivity contribution is 9.10. The molecule has 0 bridgehead atoms. The predicted octanol–water partition coefficient (Wildman–Crippen LogP) is 4.50. The summed E-state index contributed by atoms with van der Waals surface area (Å²) in [6.45, 7) is 1.44. The van der Waals surface area contributed by atoms with E-state index in [0.29, 0.717) is 23.6 Å². The van der Waals surface area contributed by atoms with Crippen LogP contribution in [-0.2, 0) is 9.59 Å². The molecule has 4 nitrogen and oxygen atoms in total. The Morgan fingerprint density at radius 2 is 1.74 bits per heavy atom. The second-order valence-electron chi connectivity index (χ2n) is 4.73. The van der Waals surface area contributed by atoms with Crippen LogP contribution in [0, 0.1) is 0 Å². The van der Waals surface area contributed by atoms with Gasteiger partial charge in [-0.2, -0.15) is 0 Å². The van der Waals surface area contributed by atoms with Crippen molar-refractivity contribution in [3.63, 3.8) is 0 Å². The van der Waals surface area contributed by atoms with Gasteiger partial charge in [0.1, 0.15) is 5.75 Å². The van der Waals surface area contributed by atoms with Crippen LogP contribution >= 0.6 is 27.7 Å². The van der Waals surface area contributed by atoms with Gasteiger partial charge >= 0.3 is 5.97 Å². The lowest BCUT2D eigenvalue weighted by Gasteiger charge is -2.06. The van der Waals surface area contributed by atoms with Gasteiger partial charge in [-0.25, -0.2) is 0 Å². The van der Waals surface area contributed by atoms with E-state index in [4.69, 9.17) is 4.74 Å². The summed E-state index contributed by atoms with van der Waals surface area (Å²) < 4.78 is 6.29. The van der Waals surface area contributed by atoms with Crippen molar-refractivity contribution < 1.29 is 14.3 Å². The van der Waals surface area contributed by atoms with Crippen molar-refractivity contribution in [2.45, 2.75) is 18.2 Å². The number of esters is 1. The lowest BCUT2D eigenvalue weighted by atomic mass is 10.3. The summed E-state index contributed by atoms with van der Waals surface area (Å²) in [4.78, 5) is 23.8. The first-order valence-corrected chi connectivity index (χ1v) is 8.77. The average Bonchev–Trinajstić information content (AvgIpc) is 2.51. The number of amides is 1. The van der Waals surface area contributed by atoms with Crippen LogP contribution in [-0.4, -0.2) is 17.6 Å². The molecule has 0 aliphatic carbocycles. The summed E-state index contributed by atoms with van der Waals surface area (Å²) in [6, 6.07) is 14.6. The third kappa shape index (κ3) is 6.46. The summed E-state index contributed by atoms with van der Waals surface area (Å²) in [6.07, 6.45) is 0.328. The van der Waals surface area contributed by atoms with Crippen molar-refractivity contribution in [3.8, 4) is 5.75 Å². The van der Waals surface area contributed by atoms with Crippen LogP contribution in [0.25, 0.3) is 0 Å². The molecule has 2 aromatic rings. The zero-order valence-electron chi connectivity index (χ0n) is 12.5. The van der Waals surface area contributed by atoms with Gasteiger partial charge in [-0.15, -0.1) is 11.8 Å². The SMILES string of the molecule is CC(=O)Nc1ccc(OC(=O)CCSc2ccc(Br)cc2)cc1. The van der Waals surface area contributed by atoms with Gasteiger partial charge in [0.2, 0.25) is 5.91 Å². The molecule has 6 heteroatoms. The fourth-order valence-electron chi connectivity index (χ4n) is 1.78. The standard InChI is InChI=1S/C17H16BrNO3S/c1-12(20)19-14-4-6-15(7-5-14)22-17(21)10-11-23-16-8-2-13(18)3-9-16/h2-9H,10-11H2,1H3,(H,19,20). The first-order valence-electron chi connectivity index (χ1n) is 6.99. The Balaban J connectivity index is 1.76. The Morgan fingerprint density at radius 1 is 1.09 bits per heavy atom. The van der Waals surface area contributed by atoms with Gasteiger partial charge in [-0.05, 0) is 48.5 Å². The second-order valence-corrected chi connectivity index (χ2v) is 6.82. The summed E-state index contributed by atoms with van der Waals surface area (Å²) in [5.74, 6) is 0.712. The van der Waals surface area contributed by atoms with Crippen molar-refractivity contribution in [1.29, 1.82) is 0 Å². The van der Waals surface area contributed by atoms with E-state index in [1.807, 2.05) is 24.3 Å². The molecule has 0 aliphatic rings. The molecule has 0 spiro atoms. The molecule has 0 heterocycles. The Hall–Kier alpha value is -1.79. The number of carbonyl (C=O) groups is 2. The third-order valence-electron chi connectivity index (χ3n) is 2.79. The molecule has 0 radical (unpaired) electrons. The van der Waals surface area contributed by atoms with Gasteiger partial charge in [0.15, 0.2) is 0 Å². The number of hydrogen-bond acceptors (Lipinski definition) is 4. The predicted molar refractivity (Wildman–Crippen MR) is 95.9 cm³/mol. The number of thioether (sulfide) groups is 1. The number of hydrogen-bond donors (Lipinski definition) is 1. The molecular formula is C17H16BrNO3S. The Kier molecular flexibility index (Phi) is 6.67. The highest BCUT2D eigenvalue weighted by Crippen LogP contribution is 2.22. The quantitative estimate of drug-likeness (QED) is 0.446. The van der Waals surface area contributed by atoms with Gasteiger partial charge in [-0.3, -0.25) is 9.59 Å². The van der Waals surface area contributed by atoms with E-state index in [-0.39, 0.29) is 11.9 Å². The lowest BCUT2D eigenvalue weighted by molar-refractivity contribution is -0.133. The van der Waals surface area contributed by atoms with Crippen LogP contribution in [0.3, 0.4) is 0 Å². The fraction of sp³-hybridized carbons (Fsp3) is 0.176. The van der Waals surface area contributed by atoms with Crippen LogP contribution in [0.5, 0.6) is 5.75 Å². The van der Waals surface area contributed by atoms with Crippen molar-refractivity contribution in [3.05, 3.63) is 53.0 Å². The molecule has 0 unspecified atom stereocenters. The molecule has 0 atom stereocenters. The number of carbonyl (C=O) groups excluding carboxylic acids is 2. The normalized spacial score (nSPS) is 10.2. The molecule has 0 aromatic heterocycles. The molecule has 1 amide bonds. The highest BCUT2D eigenvalue weighted by atomic mass is 79.9. The van der Waals surface area contributed by atoms with E-state index in [1.165, 1.54) is 6.92 Å². The maximum atomic E-state index is 11.8. The van der Waals surface area contributed by atoms with Gasteiger partial charge in [0.25, 0.3) is 0 Å². The van der Waals surface area contributed by atoms with Crippen molar-refractivity contribution in [2.24, 2.45) is 0 Å². The van der Waals surface area contributed by atoms with Crippen LogP contribution in [0.2, 0.25) is 0 Å². The number of ether oxygens (including phenoxy) is 1. The molecule has 0 saturated carbocycles. The first kappa shape index (κ1) is 17.6. The maximum absolute atomic E-state index is 11.8. The topological polar surface area (TPSA) is 55.4 Å². The number of benzene rings is 2. The van der Waals surface area contributed by atoms with E-state index in [2.05, 4.69) is 21.2 Å². The molecule has 0 aliphatic heterocycles. The molecule has 23 heavy (non-hydrogen) atoms. The smallest absolute Gasteiger partial charge is 0.312 e. The summed E-state index contributed by atoms with van der Waals surface area (Å²) in [5, 5.41) is 2.66. The largest absolute Gasteiger partial charge is 0.427 e. The maximum Gasteiger partial charge on any atom is 0.312 e. The lowest BCUT2D eigenvalue weighted by Crippen LogP contribution is -2.09. The van der Waals surface area contributed by atoms with Gasteiger partial charge in [0.05, 0.1) is 6.42 Å². The van der Waals surface area contributed by atoms with E-state index < -0.39 is 0 Å². The zero-order valence-corrected chi connectivity index (χ0v) is 14.9. The first-order chi connectivity index (χ1) is 11.0. The highest BCUT2D eigenvalue weighted by Gasteiger charge is 2.06. The monoisotopic (exact) mass is 393 g/mol. The van der Waals surface area contributed by atoms with E-state index >= 15 is 0 Å². The molecule has 1 N–H and O–H groups in total. The molecule has 0 saturated heterocycles. The zero-order chi connectivity index (χ0) is 16.7. The van der Waals surface area contributed by atoms with Gasteiger partial charge in [0, 0.05) is 27.7 Å². The summed E-state index contributed by atoms with van der Waals surface area (Å²) in [7, 11) is 0. The molecule has 2 aromatic carbocycles. The van der Waals surface area contributed by atoms with E-state index in [0.717, 1.165) is 9.37 Å². The van der Waals surface area contributed by atoms with E-state index in [9.17, 15) is 9.59 Å². The number of nitrogens with one attached hydrogen (secondary N) is 1. The Morgan fingerprint density at radius 3 is 2.35 bits per heavy atom. The number of anilines is 1.